The molecule has 0 aromatic carbocycles. The van der Waals surface area contributed by atoms with Crippen LogP contribution >= 0.6 is 0 Å². The first-order valence-corrected chi connectivity index (χ1v) is 3.25. The number of nitrogens with two attached hydrogens (primary N) is 2. The molecule has 0 unspecified atom stereocenters. The maximum absolute atomic E-state index is 12.1. The van der Waals surface area contributed by atoms with Gasteiger partial charge in [0.15, 0.2) is 0 Å². The van der Waals surface area contributed by atoms with Crippen molar-refractivity contribution in [3.63, 3.8) is 0 Å². The van der Waals surface area contributed by atoms with Gasteiger partial charge in [-0.3, -0.25) is 0 Å². The molecule has 0 radical (unpaired) electrons. The highest BCUT2D eigenvalue weighted by atomic mass is 19.4. The molecule has 4 nitrogen and oxygen atoms in total. The third-order valence-electron chi connectivity index (χ3n) is 1.32. The number of rotatable bonds is 1. The lowest BCUT2D eigenvalue weighted by molar-refractivity contribution is -0.137. The van der Waals surface area contributed by atoms with Gasteiger partial charge in [-0.1, -0.05) is 0 Å². The van der Waals surface area contributed by atoms with Crippen molar-refractivity contribution in [2.75, 3.05) is 11.2 Å². The molecule has 0 aliphatic rings. The van der Waals surface area contributed by atoms with Gasteiger partial charge in [0.25, 0.3) is 0 Å². The van der Waals surface area contributed by atoms with E-state index in [2.05, 4.69) is 4.98 Å². The number of anilines is 2. The van der Waals surface area contributed by atoms with Gasteiger partial charge in [-0.15, -0.1) is 0 Å². The van der Waals surface area contributed by atoms with Crippen LogP contribution < -0.4 is 17.0 Å². The molecule has 0 spiro atoms. The van der Waals surface area contributed by atoms with E-state index in [1.807, 2.05) is 5.43 Å². The van der Waals surface area contributed by atoms with Crippen LogP contribution in [-0.4, -0.2) is 4.98 Å². The molecule has 0 aliphatic heterocycles. The molecule has 0 saturated heterocycles. The van der Waals surface area contributed by atoms with E-state index in [0.29, 0.717) is 0 Å². The summed E-state index contributed by atoms with van der Waals surface area (Å²) in [6.45, 7) is 0. The van der Waals surface area contributed by atoms with Crippen molar-refractivity contribution in [1.82, 2.24) is 4.98 Å². The van der Waals surface area contributed by atoms with Crippen LogP contribution in [0.4, 0.5) is 24.8 Å². The lowest BCUT2D eigenvalue weighted by atomic mass is 10.2. The smallest absolute Gasteiger partial charge is 0.384 e. The number of pyridine rings is 1. The van der Waals surface area contributed by atoms with Gasteiger partial charge in [0, 0.05) is 0 Å². The third kappa shape index (κ3) is 2.22. The average Bonchev–Trinajstić information content (AvgIpc) is 2.01. The molecule has 72 valence electrons. The molecule has 0 amide bonds. The Kier molecular flexibility index (Phi) is 2.28. The first-order chi connectivity index (χ1) is 5.93. The van der Waals surface area contributed by atoms with E-state index in [4.69, 9.17) is 11.6 Å². The van der Waals surface area contributed by atoms with Crippen molar-refractivity contribution in [3.8, 4) is 0 Å². The van der Waals surface area contributed by atoms with Gasteiger partial charge in [0.05, 0.1) is 5.56 Å². The van der Waals surface area contributed by atoms with Crippen molar-refractivity contribution in [3.05, 3.63) is 17.7 Å². The number of hydrogen-bond donors (Lipinski definition) is 3. The van der Waals surface area contributed by atoms with Gasteiger partial charge >= 0.3 is 6.18 Å². The number of alkyl halides is 3. The Labute approximate surface area is 71.7 Å². The third-order valence-corrected chi connectivity index (χ3v) is 1.32. The molecule has 1 heterocycles. The summed E-state index contributed by atoms with van der Waals surface area (Å²) in [4.78, 5) is 3.51. The van der Waals surface area contributed by atoms with Crippen LogP contribution in [0.25, 0.3) is 0 Å². The van der Waals surface area contributed by atoms with Crippen LogP contribution in [0.5, 0.6) is 0 Å². The highest BCUT2D eigenvalue weighted by molar-refractivity contribution is 5.46. The van der Waals surface area contributed by atoms with Crippen molar-refractivity contribution in [2.45, 2.75) is 6.18 Å². The van der Waals surface area contributed by atoms with Crippen molar-refractivity contribution in [1.29, 1.82) is 0 Å². The number of halogens is 3. The van der Waals surface area contributed by atoms with Crippen LogP contribution in [0, 0.1) is 0 Å². The highest BCUT2D eigenvalue weighted by Crippen LogP contribution is 2.31. The molecule has 1 rings (SSSR count). The molecule has 0 atom stereocenters. The molecule has 1 aromatic heterocycles. The predicted octanol–water partition coefficient (Wildman–Crippen LogP) is 0.968. The number of nitrogens with one attached hydrogen (secondary N) is 1. The van der Waals surface area contributed by atoms with Gasteiger partial charge in [-0.2, -0.15) is 13.2 Å². The van der Waals surface area contributed by atoms with E-state index < -0.39 is 11.7 Å². The highest BCUT2D eigenvalue weighted by Gasteiger charge is 2.31. The first-order valence-electron chi connectivity index (χ1n) is 3.25. The van der Waals surface area contributed by atoms with Crippen LogP contribution in [-0.2, 0) is 6.18 Å². The molecular formula is C6H7F3N4. The second-order valence-electron chi connectivity index (χ2n) is 2.31. The molecule has 5 N–H and O–H groups in total. The van der Waals surface area contributed by atoms with Gasteiger partial charge < -0.3 is 11.2 Å². The minimum Gasteiger partial charge on any atom is -0.384 e. The Hall–Kier alpha value is -1.50. The van der Waals surface area contributed by atoms with Gasteiger partial charge in [0.2, 0.25) is 0 Å². The van der Waals surface area contributed by atoms with E-state index in [-0.39, 0.29) is 11.6 Å². The topological polar surface area (TPSA) is 77.0 Å². The average molecular weight is 192 g/mol. The Balaban J connectivity index is 3.16. The summed E-state index contributed by atoms with van der Waals surface area (Å²) in [6.07, 6.45) is -4.44. The summed E-state index contributed by atoms with van der Waals surface area (Å²) in [5.41, 5.74) is 6.23. The first kappa shape index (κ1) is 9.59. The number of hydrazine groups is 1. The van der Waals surface area contributed by atoms with E-state index in [1.54, 1.807) is 0 Å². The monoisotopic (exact) mass is 192 g/mol. The van der Waals surface area contributed by atoms with Gasteiger partial charge in [0.1, 0.15) is 11.6 Å². The lowest BCUT2D eigenvalue weighted by Gasteiger charge is -2.08. The largest absolute Gasteiger partial charge is 0.416 e. The van der Waals surface area contributed by atoms with Crippen LogP contribution in [0.2, 0.25) is 0 Å². The summed E-state index contributed by atoms with van der Waals surface area (Å²) in [6, 6.07) is 1.51. The minimum absolute atomic E-state index is 0.118. The zero-order chi connectivity index (χ0) is 10.1. The molecule has 13 heavy (non-hydrogen) atoms. The standard InChI is InChI=1S/C6H7F3N4/c7-6(8,9)3-1-4(10)12-5(2-3)13-11/h1-2H,11H2,(H3,10,12,13). The van der Waals surface area contributed by atoms with Crippen LogP contribution in [0.3, 0.4) is 0 Å². The van der Waals surface area contributed by atoms with Gasteiger partial charge in [-0.25, -0.2) is 10.8 Å². The van der Waals surface area contributed by atoms with Crippen molar-refractivity contribution in [2.24, 2.45) is 5.84 Å². The minimum atomic E-state index is -4.44. The molecule has 7 heteroatoms. The summed E-state index contributed by atoms with van der Waals surface area (Å²) >= 11 is 0. The number of nitrogens with zero attached hydrogens (tertiary/aromatic N) is 1. The Morgan fingerprint density at radius 1 is 1.31 bits per heavy atom. The molecule has 0 saturated carbocycles. The predicted molar refractivity (Wildman–Crippen MR) is 41.5 cm³/mol. The number of aromatic nitrogens is 1. The number of nitrogen functional groups attached to an aromatic ring is 2. The molecule has 1 aromatic rings. The molecule has 0 bridgehead atoms. The van der Waals surface area contributed by atoms with Crippen molar-refractivity contribution < 1.29 is 13.2 Å². The zero-order valence-corrected chi connectivity index (χ0v) is 6.39. The van der Waals surface area contributed by atoms with E-state index in [9.17, 15) is 13.2 Å². The molecular weight excluding hydrogens is 185 g/mol. The fourth-order valence-electron chi connectivity index (χ4n) is 0.790. The second-order valence-corrected chi connectivity index (χ2v) is 2.31. The fourth-order valence-corrected chi connectivity index (χ4v) is 0.790. The van der Waals surface area contributed by atoms with Crippen molar-refractivity contribution >= 4 is 11.6 Å². The summed E-state index contributed by atoms with van der Waals surface area (Å²) in [7, 11) is 0. The normalized spacial score (nSPS) is 11.4. The quantitative estimate of drug-likeness (QED) is 0.457. The maximum atomic E-state index is 12.1. The van der Waals surface area contributed by atoms with E-state index >= 15 is 0 Å². The Morgan fingerprint density at radius 3 is 2.38 bits per heavy atom. The zero-order valence-electron chi connectivity index (χ0n) is 6.39. The Morgan fingerprint density at radius 2 is 1.92 bits per heavy atom. The maximum Gasteiger partial charge on any atom is 0.416 e. The Bertz CT molecular complexity index is 309. The fraction of sp³-hybridized carbons (Fsp3) is 0.167. The number of hydrogen-bond acceptors (Lipinski definition) is 4. The lowest BCUT2D eigenvalue weighted by Crippen LogP contribution is -2.13. The van der Waals surface area contributed by atoms with Gasteiger partial charge in [-0.05, 0) is 12.1 Å². The van der Waals surface area contributed by atoms with Crippen LogP contribution in [0.1, 0.15) is 5.56 Å². The summed E-state index contributed by atoms with van der Waals surface area (Å²) in [5.74, 6) is 4.54. The van der Waals surface area contributed by atoms with Crippen LogP contribution in [0.15, 0.2) is 12.1 Å². The van der Waals surface area contributed by atoms with E-state index in [1.165, 1.54) is 0 Å². The second kappa shape index (κ2) is 3.09. The summed E-state index contributed by atoms with van der Waals surface area (Å²) in [5, 5.41) is 0. The summed E-state index contributed by atoms with van der Waals surface area (Å²) < 4.78 is 36.4. The van der Waals surface area contributed by atoms with E-state index in [0.717, 1.165) is 12.1 Å². The SMILES string of the molecule is NNc1cc(C(F)(F)F)cc(N)n1. The molecule has 0 fully saturated rings. The molecule has 0 aliphatic carbocycles.